The number of furan rings is 1. The average Bonchev–Trinajstić information content (AvgIpc) is 2.77. The van der Waals surface area contributed by atoms with Crippen LogP contribution in [0.25, 0.3) is 0 Å². The van der Waals surface area contributed by atoms with Gasteiger partial charge in [0.2, 0.25) is 0 Å². The number of aromatic nitrogens is 1. The summed E-state index contributed by atoms with van der Waals surface area (Å²) in [5.74, 6) is 2.90. The van der Waals surface area contributed by atoms with Crippen molar-refractivity contribution < 1.29 is 4.42 Å². The fraction of sp³-hybridized carbons (Fsp3) is 0.526. The molecule has 3 aliphatic heterocycles. The molecule has 23 heavy (non-hydrogen) atoms. The van der Waals surface area contributed by atoms with Crippen LogP contribution < -0.4 is 0 Å². The molecule has 3 saturated heterocycles. The van der Waals surface area contributed by atoms with Crippen LogP contribution in [0.15, 0.2) is 41.1 Å². The second-order valence-electron chi connectivity index (χ2n) is 7.09. The summed E-state index contributed by atoms with van der Waals surface area (Å²) in [4.78, 5) is 9.39. The maximum Gasteiger partial charge on any atom is 0.118 e. The minimum absolute atomic E-state index is 0.654. The van der Waals surface area contributed by atoms with Crippen LogP contribution in [0.3, 0.4) is 0 Å². The first-order chi connectivity index (χ1) is 11.3. The molecular weight excluding hydrogens is 286 g/mol. The highest BCUT2D eigenvalue weighted by molar-refractivity contribution is 5.10. The second-order valence-corrected chi connectivity index (χ2v) is 7.09. The zero-order chi connectivity index (χ0) is 15.6. The Hall–Kier alpha value is -1.65. The highest BCUT2D eigenvalue weighted by atomic mass is 16.3. The molecule has 0 aromatic carbocycles. The van der Waals surface area contributed by atoms with Gasteiger partial charge in [0.05, 0.1) is 6.54 Å². The van der Waals surface area contributed by atoms with Gasteiger partial charge in [0.15, 0.2) is 0 Å². The zero-order valence-corrected chi connectivity index (χ0v) is 13.8. The Morgan fingerprint density at radius 3 is 2.70 bits per heavy atom. The topological polar surface area (TPSA) is 32.5 Å². The maximum absolute atomic E-state index is 5.79. The Morgan fingerprint density at radius 2 is 1.91 bits per heavy atom. The Balaban J connectivity index is 1.44. The first-order valence-electron chi connectivity index (χ1n) is 8.67. The first kappa shape index (κ1) is 14.9. The van der Waals surface area contributed by atoms with E-state index in [0.29, 0.717) is 6.04 Å². The molecule has 0 radical (unpaired) electrons. The largest absolute Gasteiger partial charge is 0.465 e. The number of fused-ring (bicyclic) bond motifs is 4. The number of hydrogen-bond donors (Lipinski definition) is 0. The molecule has 3 fully saturated rings. The van der Waals surface area contributed by atoms with Crippen LogP contribution in [0.2, 0.25) is 0 Å². The lowest BCUT2D eigenvalue weighted by Crippen LogP contribution is -2.43. The average molecular weight is 311 g/mol. The van der Waals surface area contributed by atoms with Crippen molar-refractivity contribution in [1.82, 2.24) is 14.8 Å². The highest BCUT2D eigenvalue weighted by Gasteiger charge is 2.34. The van der Waals surface area contributed by atoms with Gasteiger partial charge in [0.25, 0.3) is 0 Å². The third kappa shape index (κ3) is 3.48. The van der Waals surface area contributed by atoms with Gasteiger partial charge < -0.3 is 4.42 Å². The molecule has 0 amide bonds. The minimum Gasteiger partial charge on any atom is -0.465 e. The van der Waals surface area contributed by atoms with Gasteiger partial charge in [0, 0.05) is 44.6 Å². The molecule has 5 rings (SSSR count). The second kappa shape index (κ2) is 6.46. The molecule has 0 spiro atoms. The summed E-state index contributed by atoms with van der Waals surface area (Å²) >= 11 is 0. The summed E-state index contributed by atoms with van der Waals surface area (Å²) in [7, 11) is 0. The third-order valence-electron chi connectivity index (χ3n) is 5.21. The molecule has 3 aliphatic rings. The van der Waals surface area contributed by atoms with Crippen molar-refractivity contribution in [2.24, 2.45) is 5.92 Å². The first-order valence-corrected chi connectivity index (χ1v) is 8.67. The quantitative estimate of drug-likeness (QED) is 0.868. The lowest BCUT2D eigenvalue weighted by molar-refractivity contribution is 0.114. The molecule has 122 valence electrons. The van der Waals surface area contributed by atoms with E-state index in [1.807, 2.05) is 19.3 Å². The van der Waals surface area contributed by atoms with Gasteiger partial charge in [-0.15, -0.1) is 0 Å². The number of hydrogen-bond acceptors (Lipinski definition) is 4. The van der Waals surface area contributed by atoms with Crippen molar-refractivity contribution in [3.63, 3.8) is 0 Å². The molecule has 2 aromatic heterocycles. The van der Waals surface area contributed by atoms with Crippen LogP contribution in [0, 0.1) is 12.8 Å². The van der Waals surface area contributed by atoms with Crippen molar-refractivity contribution in [3.05, 3.63) is 53.7 Å². The van der Waals surface area contributed by atoms with Crippen molar-refractivity contribution in [2.75, 3.05) is 19.6 Å². The van der Waals surface area contributed by atoms with E-state index < -0.39 is 0 Å². The number of nitrogens with zero attached hydrogens (tertiary/aromatic N) is 3. The molecule has 0 N–H and O–H groups in total. The Kier molecular flexibility index (Phi) is 4.19. The van der Waals surface area contributed by atoms with Crippen molar-refractivity contribution in [3.8, 4) is 0 Å². The number of rotatable bonds is 4. The van der Waals surface area contributed by atoms with E-state index in [1.165, 1.54) is 38.0 Å². The summed E-state index contributed by atoms with van der Waals surface area (Å²) < 4.78 is 5.79. The van der Waals surface area contributed by atoms with Gasteiger partial charge in [-0.1, -0.05) is 0 Å². The zero-order valence-electron chi connectivity index (χ0n) is 13.8. The van der Waals surface area contributed by atoms with Crippen molar-refractivity contribution in [2.45, 2.75) is 38.9 Å². The molecule has 0 unspecified atom stereocenters. The lowest BCUT2D eigenvalue weighted by Gasteiger charge is -2.35. The van der Waals surface area contributed by atoms with Crippen molar-refractivity contribution >= 4 is 0 Å². The lowest BCUT2D eigenvalue weighted by atomic mass is 9.95. The molecule has 4 heteroatoms. The highest BCUT2D eigenvalue weighted by Crippen LogP contribution is 2.30. The monoisotopic (exact) mass is 311 g/mol. The van der Waals surface area contributed by atoms with E-state index in [2.05, 4.69) is 39.0 Å². The summed E-state index contributed by atoms with van der Waals surface area (Å²) in [5, 5.41) is 0. The van der Waals surface area contributed by atoms with Crippen LogP contribution in [-0.4, -0.2) is 40.5 Å². The van der Waals surface area contributed by atoms with E-state index in [4.69, 9.17) is 4.42 Å². The molecule has 2 aromatic rings. The molecule has 2 atom stereocenters. The summed E-state index contributed by atoms with van der Waals surface area (Å²) in [6.07, 6.45) is 6.48. The van der Waals surface area contributed by atoms with Gasteiger partial charge in [0.1, 0.15) is 11.5 Å². The van der Waals surface area contributed by atoms with Gasteiger partial charge in [-0.3, -0.25) is 14.8 Å². The minimum atomic E-state index is 0.654. The molecular formula is C19H25N3O. The summed E-state index contributed by atoms with van der Waals surface area (Å²) in [6.45, 7) is 7.61. The molecule has 4 nitrogen and oxygen atoms in total. The van der Waals surface area contributed by atoms with E-state index in [-0.39, 0.29) is 0 Å². The number of aryl methyl sites for hydroxylation is 1. The predicted molar refractivity (Wildman–Crippen MR) is 89.9 cm³/mol. The number of piperidine rings is 1. The number of pyridine rings is 1. The summed E-state index contributed by atoms with van der Waals surface area (Å²) in [5.41, 5.74) is 1.37. The normalized spacial score (nSPS) is 25.6. The Morgan fingerprint density at radius 1 is 1.04 bits per heavy atom. The van der Waals surface area contributed by atoms with Crippen molar-refractivity contribution in [1.29, 1.82) is 0 Å². The molecule has 5 heterocycles. The predicted octanol–water partition coefficient (Wildman–Crippen LogP) is 3.08. The molecule has 2 bridgehead atoms. The molecule has 0 saturated carbocycles. The van der Waals surface area contributed by atoms with E-state index in [1.54, 1.807) is 0 Å². The molecule has 0 aliphatic carbocycles. The van der Waals surface area contributed by atoms with E-state index in [9.17, 15) is 0 Å². The third-order valence-corrected chi connectivity index (χ3v) is 5.21. The Bertz CT molecular complexity index is 639. The van der Waals surface area contributed by atoms with Crippen LogP contribution in [0.1, 0.15) is 29.9 Å². The van der Waals surface area contributed by atoms with E-state index >= 15 is 0 Å². The standard InChI is InChI=1S/C19H25N3O/c1-15-2-5-19(23-15)14-22-12-17-3-4-18(22)13-21(11-17)10-16-6-8-20-9-7-16/h2,5-9,17-18H,3-4,10-14H2,1H3/t17-,18+/m0/s1. The fourth-order valence-corrected chi connectivity index (χ4v) is 4.12. The SMILES string of the molecule is Cc1ccc(CN2C[C@H]3CC[C@@H]2CN(Cc2ccncc2)C3)o1. The maximum atomic E-state index is 5.79. The van der Waals surface area contributed by atoms with Crippen LogP contribution in [-0.2, 0) is 13.1 Å². The summed E-state index contributed by atoms with van der Waals surface area (Å²) in [6, 6.07) is 9.12. The fourth-order valence-electron chi connectivity index (χ4n) is 4.12. The van der Waals surface area contributed by atoms with Gasteiger partial charge >= 0.3 is 0 Å². The Labute approximate surface area is 138 Å². The van der Waals surface area contributed by atoms with Crippen LogP contribution >= 0.6 is 0 Å². The van der Waals surface area contributed by atoms with Crippen LogP contribution in [0.5, 0.6) is 0 Å². The van der Waals surface area contributed by atoms with E-state index in [0.717, 1.165) is 30.5 Å². The van der Waals surface area contributed by atoms with Gasteiger partial charge in [-0.25, -0.2) is 0 Å². The van der Waals surface area contributed by atoms with Gasteiger partial charge in [-0.2, -0.15) is 0 Å². The smallest absolute Gasteiger partial charge is 0.118 e. The van der Waals surface area contributed by atoms with Crippen LogP contribution in [0.4, 0.5) is 0 Å². The van der Waals surface area contributed by atoms with Gasteiger partial charge in [-0.05, 0) is 55.5 Å².